The number of rotatable bonds is 12. The Kier molecular flexibility index (Phi) is 9.30. The molecular formula is C18H22FN3O6S2. The van der Waals surface area contributed by atoms with Crippen LogP contribution in [-0.4, -0.2) is 62.8 Å². The van der Waals surface area contributed by atoms with E-state index in [0.29, 0.717) is 36.3 Å². The Labute approximate surface area is 177 Å². The van der Waals surface area contributed by atoms with Crippen molar-refractivity contribution >= 4 is 37.9 Å². The Morgan fingerprint density at radius 3 is 2.60 bits per heavy atom. The van der Waals surface area contributed by atoms with Crippen LogP contribution in [0.25, 0.3) is 0 Å². The molecule has 0 aliphatic rings. The molecule has 0 radical (unpaired) electrons. The Hall–Kier alpha value is -2.41. The highest BCUT2D eigenvalue weighted by molar-refractivity contribution is 7.91. The highest BCUT2D eigenvalue weighted by Gasteiger charge is 2.19. The van der Waals surface area contributed by atoms with Crippen molar-refractivity contribution in [3.8, 4) is 0 Å². The van der Waals surface area contributed by atoms with E-state index in [0.717, 1.165) is 6.20 Å². The number of methoxy groups -OCH3 is 1. The molecule has 0 saturated carbocycles. The van der Waals surface area contributed by atoms with Gasteiger partial charge in [0, 0.05) is 32.3 Å². The van der Waals surface area contributed by atoms with Gasteiger partial charge in [-0.1, -0.05) is 28.6 Å². The van der Waals surface area contributed by atoms with Gasteiger partial charge in [0.05, 0.1) is 16.8 Å². The van der Waals surface area contributed by atoms with Gasteiger partial charge in [0.15, 0.2) is 25.8 Å². The van der Waals surface area contributed by atoms with E-state index in [2.05, 4.69) is 15.5 Å². The van der Waals surface area contributed by atoms with Crippen molar-refractivity contribution < 1.29 is 32.3 Å². The molecule has 2 rings (SSSR count). The SMILES string of the molecule is COCCCS(=O)(=O)c1ccc(C(=NOCCCO)C(=O)Nc2ncc(F)s2)cc1. The molecule has 1 aromatic heterocycles. The lowest BCUT2D eigenvalue weighted by atomic mass is 10.1. The van der Waals surface area contributed by atoms with Crippen LogP contribution in [0.1, 0.15) is 18.4 Å². The summed E-state index contributed by atoms with van der Waals surface area (Å²) in [6.07, 6.45) is 1.64. The molecule has 0 unspecified atom stereocenters. The molecule has 30 heavy (non-hydrogen) atoms. The Bertz CT molecular complexity index is 961. The number of halogens is 1. The zero-order valence-electron chi connectivity index (χ0n) is 16.2. The number of carbonyl (C=O) groups is 1. The average Bonchev–Trinajstić information content (AvgIpc) is 3.12. The molecule has 1 amide bonds. The number of hydrogen-bond donors (Lipinski definition) is 2. The van der Waals surface area contributed by atoms with Gasteiger partial charge < -0.3 is 14.7 Å². The summed E-state index contributed by atoms with van der Waals surface area (Å²) in [4.78, 5) is 21.5. The van der Waals surface area contributed by atoms with Crippen LogP contribution in [0, 0.1) is 5.13 Å². The number of aliphatic hydroxyl groups excluding tert-OH is 1. The molecule has 164 valence electrons. The molecule has 2 aromatic rings. The first kappa shape index (κ1) is 23.9. The fourth-order valence-corrected chi connectivity index (χ4v) is 4.09. The Balaban J connectivity index is 2.21. The summed E-state index contributed by atoms with van der Waals surface area (Å²) in [5.41, 5.74) is 0.149. The summed E-state index contributed by atoms with van der Waals surface area (Å²) in [7, 11) is -2.00. The summed E-state index contributed by atoms with van der Waals surface area (Å²) >= 11 is 0.648. The van der Waals surface area contributed by atoms with Gasteiger partial charge in [-0.25, -0.2) is 13.4 Å². The lowest BCUT2D eigenvalue weighted by molar-refractivity contribution is -0.110. The molecule has 9 nitrogen and oxygen atoms in total. The number of amides is 1. The van der Waals surface area contributed by atoms with Gasteiger partial charge in [0.1, 0.15) is 6.61 Å². The van der Waals surface area contributed by atoms with Crippen molar-refractivity contribution in [2.24, 2.45) is 5.16 Å². The van der Waals surface area contributed by atoms with Gasteiger partial charge in [-0.3, -0.25) is 10.1 Å². The number of ether oxygens (including phenoxy) is 1. The van der Waals surface area contributed by atoms with Crippen LogP contribution in [-0.2, 0) is 24.2 Å². The molecule has 12 heteroatoms. The fraction of sp³-hybridized carbons (Fsp3) is 0.389. The Morgan fingerprint density at radius 1 is 1.27 bits per heavy atom. The monoisotopic (exact) mass is 459 g/mol. The predicted molar refractivity (Wildman–Crippen MR) is 110 cm³/mol. The molecule has 2 N–H and O–H groups in total. The van der Waals surface area contributed by atoms with Crippen molar-refractivity contribution in [2.75, 3.05) is 38.0 Å². The normalized spacial score (nSPS) is 12.0. The lowest BCUT2D eigenvalue weighted by Gasteiger charge is -2.08. The van der Waals surface area contributed by atoms with Crippen LogP contribution in [0.3, 0.4) is 0 Å². The summed E-state index contributed by atoms with van der Waals surface area (Å²) in [5.74, 6) is -0.773. The molecule has 0 saturated heterocycles. The van der Waals surface area contributed by atoms with E-state index in [4.69, 9.17) is 14.7 Å². The van der Waals surface area contributed by atoms with Crippen LogP contribution in [0.2, 0.25) is 0 Å². The summed E-state index contributed by atoms with van der Waals surface area (Å²) in [5, 5.41) is 14.5. The molecule has 1 aromatic carbocycles. The van der Waals surface area contributed by atoms with Crippen LogP contribution in [0.15, 0.2) is 40.5 Å². The molecule has 0 atom stereocenters. The van der Waals surface area contributed by atoms with Gasteiger partial charge in [-0.05, 0) is 18.6 Å². The maximum atomic E-state index is 13.1. The number of aliphatic hydroxyl groups is 1. The first-order valence-corrected chi connectivity index (χ1v) is 11.4. The van der Waals surface area contributed by atoms with Gasteiger partial charge in [0.25, 0.3) is 5.91 Å². The number of nitrogens with one attached hydrogen (secondary N) is 1. The summed E-state index contributed by atoms with van der Waals surface area (Å²) in [6.45, 7) is 0.299. The standard InChI is InChI=1S/C18H22FN3O6S2/c1-27-9-3-11-30(25,26)14-6-4-13(5-7-14)16(22-28-10-2-8-23)17(24)21-18-20-12-15(19)29-18/h4-7,12,23H,2-3,8-11H2,1H3,(H,20,21,24). The van der Waals surface area contributed by atoms with Gasteiger partial charge in [-0.2, -0.15) is 4.39 Å². The third-order valence-corrected chi connectivity index (χ3v) is 6.23. The van der Waals surface area contributed by atoms with E-state index >= 15 is 0 Å². The zero-order valence-corrected chi connectivity index (χ0v) is 17.8. The second-order valence-corrected chi connectivity index (χ2v) is 9.05. The molecule has 0 aliphatic heterocycles. The van der Waals surface area contributed by atoms with Gasteiger partial charge in [-0.15, -0.1) is 0 Å². The minimum atomic E-state index is -3.49. The number of anilines is 1. The second kappa shape index (κ2) is 11.7. The number of benzene rings is 1. The number of sulfone groups is 1. The number of oxime groups is 1. The number of aromatic nitrogens is 1. The second-order valence-electron chi connectivity index (χ2n) is 5.96. The number of nitrogens with zero attached hydrogens (tertiary/aromatic N) is 2. The van der Waals surface area contributed by atoms with Crippen LogP contribution < -0.4 is 5.32 Å². The smallest absolute Gasteiger partial charge is 0.280 e. The third kappa shape index (κ3) is 7.13. The van der Waals surface area contributed by atoms with Gasteiger partial charge in [0.2, 0.25) is 0 Å². The van der Waals surface area contributed by atoms with Crippen molar-refractivity contribution in [3.63, 3.8) is 0 Å². The highest BCUT2D eigenvalue weighted by atomic mass is 32.2. The molecule has 0 spiro atoms. The highest BCUT2D eigenvalue weighted by Crippen LogP contribution is 2.18. The van der Waals surface area contributed by atoms with E-state index in [9.17, 15) is 17.6 Å². The lowest BCUT2D eigenvalue weighted by Crippen LogP contribution is -2.24. The van der Waals surface area contributed by atoms with E-state index in [1.165, 1.54) is 31.4 Å². The first-order chi connectivity index (χ1) is 14.4. The molecular weight excluding hydrogens is 437 g/mol. The Morgan fingerprint density at radius 2 is 2.00 bits per heavy atom. The molecule has 0 fully saturated rings. The van der Waals surface area contributed by atoms with Crippen molar-refractivity contribution in [3.05, 3.63) is 41.2 Å². The van der Waals surface area contributed by atoms with Crippen molar-refractivity contribution in [2.45, 2.75) is 17.7 Å². The minimum absolute atomic E-state index is 0.0397. The number of carbonyl (C=O) groups excluding carboxylic acids is 1. The quantitative estimate of drug-likeness (QED) is 0.282. The fourth-order valence-electron chi connectivity index (χ4n) is 2.26. The predicted octanol–water partition coefficient (Wildman–Crippen LogP) is 1.83. The number of thiazole rings is 1. The van der Waals surface area contributed by atoms with Crippen LogP contribution in [0.5, 0.6) is 0 Å². The van der Waals surface area contributed by atoms with E-state index in [1.54, 1.807) is 0 Å². The summed E-state index contributed by atoms with van der Waals surface area (Å²) in [6, 6.07) is 5.60. The van der Waals surface area contributed by atoms with Crippen molar-refractivity contribution in [1.29, 1.82) is 0 Å². The van der Waals surface area contributed by atoms with Crippen LogP contribution in [0.4, 0.5) is 9.52 Å². The summed E-state index contributed by atoms with van der Waals surface area (Å²) < 4.78 is 42.7. The maximum Gasteiger partial charge on any atom is 0.280 e. The molecule has 0 bridgehead atoms. The number of hydrogen-bond acceptors (Lipinski definition) is 9. The van der Waals surface area contributed by atoms with E-state index in [-0.39, 0.29) is 34.7 Å². The van der Waals surface area contributed by atoms with E-state index < -0.39 is 20.9 Å². The maximum absolute atomic E-state index is 13.1. The van der Waals surface area contributed by atoms with Crippen LogP contribution >= 0.6 is 11.3 Å². The molecule has 0 aliphatic carbocycles. The van der Waals surface area contributed by atoms with Crippen molar-refractivity contribution in [1.82, 2.24) is 4.98 Å². The minimum Gasteiger partial charge on any atom is -0.396 e. The average molecular weight is 460 g/mol. The third-order valence-electron chi connectivity index (χ3n) is 3.71. The van der Waals surface area contributed by atoms with Gasteiger partial charge >= 0.3 is 0 Å². The first-order valence-electron chi connectivity index (χ1n) is 8.93. The molecule has 1 heterocycles. The zero-order chi connectivity index (χ0) is 22.0. The topological polar surface area (TPSA) is 127 Å². The van der Waals surface area contributed by atoms with E-state index in [1.807, 2.05) is 0 Å². The largest absolute Gasteiger partial charge is 0.396 e.